The molecule has 2 rings (SSSR count). The van der Waals surface area contributed by atoms with Gasteiger partial charge >= 0.3 is 0 Å². The van der Waals surface area contributed by atoms with Crippen molar-refractivity contribution >= 4 is 17.6 Å². The molecule has 0 unspecified atom stereocenters. The SMILES string of the molecule is CN(C)c1ncccc1C(=O)NCCNC(=O)CC1CCCC1. The maximum atomic E-state index is 12.2. The van der Waals surface area contributed by atoms with E-state index in [1.54, 1.807) is 23.2 Å². The van der Waals surface area contributed by atoms with Gasteiger partial charge in [0.05, 0.1) is 5.56 Å². The van der Waals surface area contributed by atoms with Gasteiger partial charge in [-0.1, -0.05) is 12.8 Å². The standard InChI is InChI=1S/C17H26N4O2/c1-21(2)16-14(8-5-9-19-16)17(23)20-11-10-18-15(22)12-13-6-3-4-7-13/h5,8-9,13H,3-4,6-7,10-12H2,1-2H3,(H,18,22)(H,20,23). The molecule has 1 saturated carbocycles. The van der Waals surface area contributed by atoms with Crippen molar-refractivity contribution in [3.05, 3.63) is 23.9 Å². The number of carbonyl (C=O) groups excluding carboxylic acids is 2. The number of amides is 2. The molecule has 1 aromatic rings. The van der Waals surface area contributed by atoms with Gasteiger partial charge < -0.3 is 15.5 Å². The minimum absolute atomic E-state index is 0.0847. The van der Waals surface area contributed by atoms with Gasteiger partial charge in [-0.25, -0.2) is 4.98 Å². The van der Waals surface area contributed by atoms with E-state index in [4.69, 9.17) is 0 Å². The third kappa shape index (κ3) is 5.23. The van der Waals surface area contributed by atoms with Crippen LogP contribution in [0.15, 0.2) is 18.3 Å². The van der Waals surface area contributed by atoms with Crippen molar-refractivity contribution in [1.29, 1.82) is 0 Å². The molecule has 0 bridgehead atoms. The number of rotatable bonds is 7. The fourth-order valence-electron chi connectivity index (χ4n) is 2.95. The van der Waals surface area contributed by atoms with E-state index in [1.165, 1.54) is 25.7 Å². The van der Waals surface area contributed by atoms with Crippen LogP contribution in [0, 0.1) is 5.92 Å². The van der Waals surface area contributed by atoms with Crippen molar-refractivity contribution in [2.45, 2.75) is 32.1 Å². The van der Waals surface area contributed by atoms with Gasteiger partial charge in [-0.15, -0.1) is 0 Å². The molecule has 2 amide bonds. The van der Waals surface area contributed by atoms with Crippen LogP contribution in [0.4, 0.5) is 5.82 Å². The molecule has 0 aromatic carbocycles. The second kappa shape index (κ2) is 8.50. The normalized spacial score (nSPS) is 14.5. The number of aromatic nitrogens is 1. The molecule has 0 radical (unpaired) electrons. The number of hydrogen-bond donors (Lipinski definition) is 2. The Morgan fingerprint density at radius 3 is 2.61 bits per heavy atom. The van der Waals surface area contributed by atoms with Crippen molar-refractivity contribution in [2.24, 2.45) is 5.92 Å². The summed E-state index contributed by atoms with van der Waals surface area (Å²) in [6.07, 6.45) is 7.09. The van der Waals surface area contributed by atoms with Gasteiger partial charge in [-0.2, -0.15) is 0 Å². The minimum atomic E-state index is -0.174. The predicted molar refractivity (Wildman–Crippen MR) is 90.5 cm³/mol. The summed E-state index contributed by atoms with van der Waals surface area (Å²) in [7, 11) is 3.70. The number of anilines is 1. The molecule has 6 heteroatoms. The highest BCUT2D eigenvalue weighted by molar-refractivity contribution is 5.98. The molecule has 1 aliphatic carbocycles. The first-order valence-corrected chi connectivity index (χ1v) is 8.25. The summed E-state index contributed by atoms with van der Waals surface area (Å²) < 4.78 is 0. The zero-order valence-electron chi connectivity index (χ0n) is 14.0. The highest BCUT2D eigenvalue weighted by atomic mass is 16.2. The Hall–Kier alpha value is -2.11. The Labute approximate surface area is 137 Å². The Kier molecular flexibility index (Phi) is 6.38. The van der Waals surface area contributed by atoms with Crippen LogP contribution in [-0.4, -0.2) is 44.0 Å². The molecular formula is C17H26N4O2. The quantitative estimate of drug-likeness (QED) is 0.749. The largest absolute Gasteiger partial charge is 0.362 e. The monoisotopic (exact) mass is 318 g/mol. The molecule has 6 nitrogen and oxygen atoms in total. The molecule has 0 spiro atoms. The average molecular weight is 318 g/mol. The van der Waals surface area contributed by atoms with E-state index < -0.39 is 0 Å². The molecule has 1 heterocycles. The Bertz CT molecular complexity index is 539. The van der Waals surface area contributed by atoms with Gasteiger partial charge in [0, 0.05) is 39.8 Å². The summed E-state index contributed by atoms with van der Waals surface area (Å²) in [5.74, 6) is 1.09. The van der Waals surface area contributed by atoms with Gasteiger partial charge in [-0.05, 0) is 30.9 Å². The molecule has 0 saturated heterocycles. The van der Waals surface area contributed by atoms with Crippen LogP contribution in [0.3, 0.4) is 0 Å². The molecule has 0 aliphatic heterocycles. The van der Waals surface area contributed by atoms with Gasteiger partial charge in [0.25, 0.3) is 5.91 Å². The van der Waals surface area contributed by atoms with Crippen LogP contribution in [0.25, 0.3) is 0 Å². The van der Waals surface area contributed by atoms with Crippen LogP contribution < -0.4 is 15.5 Å². The smallest absolute Gasteiger partial charge is 0.255 e. The fourth-order valence-corrected chi connectivity index (χ4v) is 2.95. The number of nitrogens with zero attached hydrogens (tertiary/aromatic N) is 2. The van der Waals surface area contributed by atoms with Crippen molar-refractivity contribution < 1.29 is 9.59 Å². The molecule has 23 heavy (non-hydrogen) atoms. The lowest BCUT2D eigenvalue weighted by molar-refractivity contribution is -0.121. The van der Waals surface area contributed by atoms with E-state index in [0.29, 0.717) is 36.8 Å². The molecule has 1 fully saturated rings. The predicted octanol–water partition coefficient (Wildman–Crippen LogP) is 1.57. The van der Waals surface area contributed by atoms with Crippen molar-refractivity contribution in [1.82, 2.24) is 15.6 Å². The summed E-state index contributed by atoms with van der Waals surface area (Å²) in [6.45, 7) is 0.867. The highest BCUT2D eigenvalue weighted by Gasteiger charge is 2.18. The van der Waals surface area contributed by atoms with Gasteiger partial charge in [-0.3, -0.25) is 9.59 Å². The zero-order valence-corrected chi connectivity index (χ0v) is 14.0. The summed E-state index contributed by atoms with van der Waals surface area (Å²) in [5, 5.41) is 5.70. The summed E-state index contributed by atoms with van der Waals surface area (Å²) in [4.78, 5) is 30.0. The Morgan fingerprint density at radius 2 is 1.91 bits per heavy atom. The maximum absolute atomic E-state index is 12.2. The van der Waals surface area contributed by atoms with Gasteiger partial charge in [0.1, 0.15) is 5.82 Å². The molecule has 126 valence electrons. The van der Waals surface area contributed by atoms with E-state index in [0.717, 1.165) is 0 Å². The molecular weight excluding hydrogens is 292 g/mol. The minimum Gasteiger partial charge on any atom is -0.362 e. The van der Waals surface area contributed by atoms with Gasteiger partial charge in [0.15, 0.2) is 0 Å². The second-order valence-electron chi connectivity index (χ2n) is 6.23. The fraction of sp³-hybridized carbons (Fsp3) is 0.588. The molecule has 0 atom stereocenters. The van der Waals surface area contributed by atoms with E-state index in [-0.39, 0.29) is 11.8 Å². The highest BCUT2D eigenvalue weighted by Crippen LogP contribution is 2.27. The van der Waals surface area contributed by atoms with Crippen LogP contribution in [0.1, 0.15) is 42.5 Å². The number of pyridine rings is 1. The van der Waals surface area contributed by atoms with Crippen LogP contribution in [0.5, 0.6) is 0 Å². The zero-order chi connectivity index (χ0) is 16.7. The Balaban J connectivity index is 1.71. The van der Waals surface area contributed by atoms with E-state index in [2.05, 4.69) is 15.6 Å². The molecule has 1 aliphatic rings. The topological polar surface area (TPSA) is 74.3 Å². The summed E-state index contributed by atoms with van der Waals surface area (Å²) >= 11 is 0. The molecule has 2 N–H and O–H groups in total. The van der Waals surface area contributed by atoms with Crippen molar-refractivity contribution in [3.8, 4) is 0 Å². The summed E-state index contributed by atoms with van der Waals surface area (Å²) in [5.41, 5.74) is 0.537. The number of nitrogens with one attached hydrogen (secondary N) is 2. The first-order valence-electron chi connectivity index (χ1n) is 8.25. The first kappa shape index (κ1) is 17.2. The maximum Gasteiger partial charge on any atom is 0.255 e. The van der Waals surface area contributed by atoms with Crippen LogP contribution in [0.2, 0.25) is 0 Å². The van der Waals surface area contributed by atoms with Crippen molar-refractivity contribution in [2.75, 3.05) is 32.1 Å². The van der Waals surface area contributed by atoms with Crippen molar-refractivity contribution in [3.63, 3.8) is 0 Å². The van der Waals surface area contributed by atoms with E-state index in [9.17, 15) is 9.59 Å². The van der Waals surface area contributed by atoms with E-state index >= 15 is 0 Å². The number of carbonyl (C=O) groups is 2. The summed E-state index contributed by atoms with van der Waals surface area (Å²) in [6, 6.07) is 3.49. The van der Waals surface area contributed by atoms with E-state index in [1.807, 2.05) is 14.1 Å². The third-order valence-electron chi connectivity index (χ3n) is 4.14. The van der Waals surface area contributed by atoms with Gasteiger partial charge in [0.2, 0.25) is 5.91 Å². The van der Waals surface area contributed by atoms with Crippen LogP contribution >= 0.6 is 0 Å². The average Bonchev–Trinajstić information content (AvgIpc) is 3.04. The van der Waals surface area contributed by atoms with Crippen LogP contribution in [-0.2, 0) is 4.79 Å². The lowest BCUT2D eigenvalue weighted by Crippen LogP contribution is -2.35. The Morgan fingerprint density at radius 1 is 1.22 bits per heavy atom. The lowest BCUT2D eigenvalue weighted by Gasteiger charge is -2.15. The first-order chi connectivity index (χ1) is 11.1. The lowest BCUT2D eigenvalue weighted by atomic mass is 10.0. The number of hydrogen-bond acceptors (Lipinski definition) is 4. The second-order valence-corrected chi connectivity index (χ2v) is 6.23. The third-order valence-corrected chi connectivity index (χ3v) is 4.14. The molecule has 1 aromatic heterocycles.